The molecule has 0 spiro atoms. The second-order valence-corrected chi connectivity index (χ2v) is 10.6. The third-order valence-corrected chi connectivity index (χ3v) is 7.02. The van der Waals surface area contributed by atoms with Gasteiger partial charge in [0.1, 0.15) is 0 Å². The summed E-state index contributed by atoms with van der Waals surface area (Å²) in [4.78, 5) is 4.30. The fraction of sp³-hybridized carbons (Fsp3) is 0.519. The van der Waals surface area contributed by atoms with Crippen molar-refractivity contribution in [3.63, 3.8) is 0 Å². The van der Waals surface area contributed by atoms with Crippen molar-refractivity contribution in [2.24, 2.45) is 13.0 Å². The van der Waals surface area contributed by atoms with Crippen molar-refractivity contribution >= 4 is 5.95 Å². The molecule has 0 N–H and O–H groups in total. The molecule has 1 aliphatic heterocycles. The summed E-state index contributed by atoms with van der Waals surface area (Å²) in [5.74, 6) is -0.265. The Hall–Kier alpha value is -3.40. The molecule has 1 aliphatic rings. The molecule has 0 radical (unpaired) electrons. The van der Waals surface area contributed by atoms with E-state index in [0.717, 1.165) is 16.9 Å². The molecular weight excluding hydrogens is 595 g/mol. The average molecular weight is 625 g/mol. The maximum absolute atomic E-state index is 13.8. The molecule has 3 aromatic rings. The van der Waals surface area contributed by atoms with E-state index in [9.17, 15) is 39.5 Å². The molecule has 7 nitrogen and oxygen atoms in total. The topological polar surface area (TPSA) is 59.3 Å². The van der Waals surface area contributed by atoms with Gasteiger partial charge in [0.25, 0.3) is 5.95 Å². The molecule has 1 aromatic heterocycles. The first kappa shape index (κ1) is 32.5. The summed E-state index contributed by atoms with van der Waals surface area (Å²) in [7, 11) is 1.39. The number of nitrogens with zero attached hydrogens (tertiary/aromatic N) is 6. The van der Waals surface area contributed by atoms with Gasteiger partial charge in [-0.25, -0.2) is 0 Å². The SMILES string of the molecule is CC(C)[C@H](c1ccc(C(F)(F)F)cc1CN(Cc1cc(C(F)(F)F)cc(C(F)(F)F)c1)c1nnn(C)n1)N1CCOCC1. The molecule has 0 amide bonds. The van der Waals surface area contributed by atoms with E-state index in [1.54, 1.807) is 0 Å². The minimum atomic E-state index is -5.08. The van der Waals surface area contributed by atoms with E-state index in [1.807, 2.05) is 13.8 Å². The Morgan fingerprint density at radius 2 is 1.40 bits per heavy atom. The number of aryl methyl sites for hydroxylation is 1. The van der Waals surface area contributed by atoms with E-state index in [1.165, 1.54) is 18.0 Å². The first-order valence-corrected chi connectivity index (χ1v) is 13.2. The Morgan fingerprint density at radius 1 is 0.814 bits per heavy atom. The van der Waals surface area contributed by atoms with Crippen molar-refractivity contribution in [3.8, 4) is 0 Å². The highest BCUT2D eigenvalue weighted by molar-refractivity contribution is 5.42. The highest BCUT2D eigenvalue weighted by atomic mass is 19.4. The fourth-order valence-corrected chi connectivity index (χ4v) is 5.18. The van der Waals surface area contributed by atoms with Crippen LogP contribution in [0.3, 0.4) is 0 Å². The summed E-state index contributed by atoms with van der Waals surface area (Å²) >= 11 is 0. The van der Waals surface area contributed by atoms with Crippen LogP contribution in [-0.4, -0.2) is 51.4 Å². The third kappa shape index (κ3) is 7.96. The van der Waals surface area contributed by atoms with E-state index in [0.29, 0.717) is 44.0 Å². The number of hydrogen-bond acceptors (Lipinski definition) is 6. The molecule has 4 rings (SSSR count). The molecule has 2 heterocycles. The molecule has 0 unspecified atom stereocenters. The van der Waals surface area contributed by atoms with Crippen molar-refractivity contribution in [3.05, 3.63) is 69.8 Å². The Balaban J connectivity index is 1.83. The lowest BCUT2D eigenvalue weighted by molar-refractivity contribution is -0.143. The second kappa shape index (κ2) is 12.3. The predicted molar refractivity (Wildman–Crippen MR) is 137 cm³/mol. The smallest absolute Gasteiger partial charge is 0.379 e. The summed E-state index contributed by atoms with van der Waals surface area (Å²) in [6.07, 6.45) is -14.9. The van der Waals surface area contributed by atoms with Gasteiger partial charge in [-0.15, -0.1) is 5.10 Å². The van der Waals surface area contributed by atoms with Gasteiger partial charge in [-0.1, -0.05) is 25.0 Å². The van der Waals surface area contributed by atoms with Gasteiger partial charge in [0.05, 0.1) is 37.0 Å². The van der Waals surface area contributed by atoms with Gasteiger partial charge in [-0.05, 0) is 58.2 Å². The Kier molecular flexibility index (Phi) is 9.30. The summed E-state index contributed by atoms with van der Waals surface area (Å²) in [5, 5.41) is 11.6. The molecule has 1 atom stereocenters. The number of alkyl halides is 9. The zero-order valence-corrected chi connectivity index (χ0v) is 23.4. The largest absolute Gasteiger partial charge is 0.416 e. The van der Waals surface area contributed by atoms with Crippen molar-refractivity contribution in [1.82, 2.24) is 25.1 Å². The highest BCUT2D eigenvalue weighted by Gasteiger charge is 2.38. The van der Waals surface area contributed by atoms with Crippen LogP contribution in [0.25, 0.3) is 0 Å². The van der Waals surface area contributed by atoms with Crippen LogP contribution in [0, 0.1) is 5.92 Å². The zero-order chi connectivity index (χ0) is 31.7. The maximum Gasteiger partial charge on any atom is 0.416 e. The molecule has 236 valence electrons. The first-order valence-electron chi connectivity index (χ1n) is 13.2. The van der Waals surface area contributed by atoms with Gasteiger partial charge in [0.15, 0.2) is 0 Å². The number of ether oxygens (including phenoxy) is 1. The third-order valence-electron chi connectivity index (χ3n) is 7.02. The quantitative estimate of drug-likeness (QED) is 0.267. The number of hydrogen-bond donors (Lipinski definition) is 0. The minimum Gasteiger partial charge on any atom is -0.379 e. The lowest BCUT2D eigenvalue weighted by Crippen LogP contribution is -2.41. The normalized spacial score (nSPS) is 16.1. The molecule has 0 bridgehead atoms. The van der Waals surface area contributed by atoms with Gasteiger partial charge in [0, 0.05) is 32.2 Å². The average Bonchev–Trinajstić information content (AvgIpc) is 3.34. The molecule has 0 aliphatic carbocycles. The zero-order valence-electron chi connectivity index (χ0n) is 23.4. The lowest BCUT2D eigenvalue weighted by Gasteiger charge is -2.38. The summed E-state index contributed by atoms with van der Waals surface area (Å²) < 4.78 is 128. The van der Waals surface area contributed by atoms with E-state index >= 15 is 0 Å². The molecule has 0 saturated carbocycles. The number of benzene rings is 2. The number of morpholine rings is 1. The van der Waals surface area contributed by atoms with Crippen LogP contribution in [0.2, 0.25) is 0 Å². The molecule has 43 heavy (non-hydrogen) atoms. The summed E-state index contributed by atoms with van der Waals surface area (Å²) in [5.41, 5.74) is -3.69. The van der Waals surface area contributed by atoms with E-state index < -0.39 is 47.3 Å². The summed E-state index contributed by atoms with van der Waals surface area (Å²) in [6.45, 7) is 4.74. The van der Waals surface area contributed by atoms with Crippen molar-refractivity contribution in [2.45, 2.75) is 51.5 Å². The molecule has 16 heteroatoms. The molecular formula is C27H29F9N6O. The second-order valence-electron chi connectivity index (χ2n) is 10.6. The predicted octanol–water partition coefficient (Wildman–Crippen LogP) is 6.50. The number of halogens is 9. The van der Waals surface area contributed by atoms with Crippen molar-refractivity contribution in [2.75, 3.05) is 31.2 Å². The Bertz CT molecular complexity index is 1360. The Labute approximate surface area is 241 Å². The van der Waals surface area contributed by atoms with Crippen LogP contribution in [-0.2, 0) is 43.4 Å². The van der Waals surface area contributed by atoms with Crippen molar-refractivity contribution < 1.29 is 44.3 Å². The monoisotopic (exact) mass is 624 g/mol. The van der Waals surface area contributed by atoms with Crippen LogP contribution in [0.5, 0.6) is 0 Å². The van der Waals surface area contributed by atoms with Gasteiger partial charge >= 0.3 is 18.5 Å². The van der Waals surface area contributed by atoms with Crippen LogP contribution >= 0.6 is 0 Å². The highest BCUT2D eigenvalue weighted by Crippen LogP contribution is 2.39. The van der Waals surface area contributed by atoms with E-state index in [4.69, 9.17) is 4.74 Å². The van der Waals surface area contributed by atoms with E-state index in [2.05, 4.69) is 20.3 Å². The van der Waals surface area contributed by atoms with Crippen LogP contribution in [0.4, 0.5) is 45.5 Å². The van der Waals surface area contributed by atoms with Crippen LogP contribution in [0.1, 0.15) is 53.3 Å². The van der Waals surface area contributed by atoms with Gasteiger partial charge in [-0.3, -0.25) is 4.90 Å². The number of rotatable bonds is 8. The number of tetrazole rings is 1. The van der Waals surface area contributed by atoms with Gasteiger partial charge in [-0.2, -0.15) is 44.3 Å². The van der Waals surface area contributed by atoms with Gasteiger partial charge < -0.3 is 9.64 Å². The Morgan fingerprint density at radius 3 is 1.88 bits per heavy atom. The molecule has 1 saturated heterocycles. The minimum absolute atomic E-state index is 0.00882. The fourth-order valence-electron chi connectivity index (χ4n) is 5.18. The van der Waals surface area contributed by atoms with E-state index in [-0.39, 0.29) is 36.1 Å². The van der Waals surface area contributed by atoms with Crippen LogP contribution < -0.4 is 4.90 Å². The summed E-state index contributed by atoms with van der Waals surface area (Å²) in [6, 6.07) is 4.06. The first-order chi connectivity index (χ1) is 19.9. The van der Waals surface area contributed by atoms with Crippen LogP contribution in [0.15, 0.2) is 36.4 Å². The van der Waals surface area contributed by atoms with Gasteiger partial charge in [0.2, 0.25) is 0 Å². The molecule has 1 fully saturated rings. The lowest BCUT2D eigenvalue weighted by atomic mass is 9.89. The van der Waals surface area contributed by atoms with Crippen molar-refractivity contribution in [1.29, 1.82) is 0 Å². The number of anilines is 1. The molecule has 2 aromatic carbocycles. The standard InChI is InChI=1S/C27H29F9N6O/c1-16(2)23(41-6-8-43-9-7-41)22-5-4-19(25(28,29)30)12-18(22)15-42(24-37-39-40(3)38-24)14-17-10-20(26(31,32)33)13-21(11-17)27(34,35)36/h4-5,10-13,16,23H,6-9,14-15H2,1-3H3/t23-/m1/s1. The maximum atomic E-state index is 13.8. The number of aromatic nitrogens is 4.